The third-order valence-electron chi connectivity index (χ3n) is 1.36. The first kappa shape index (κ1) is 10.4. The molecule has 0 aliphatic rings. The molecule has 0 aliphatic carbocycles. The Hall–Kier alpha value is -0.650. The molecule has 0 amide bonds. The number of alkyl halides is 3. The van der Waals surface area contributed by atoms with E-state index >= 15 is 0 Å². The topological polar surface area (TPSA) is 17.8 Å². The summed E-state index contributed by atoms with van der Waals surface area (Å²) in [5.74, 6) is 0.00458. The van der Waals surface area contributed by atoms with Crippen molar-refractivity contribution in [3.63, 3.8) is 0 Å². The van der Waals surface area contributed by atoms with Gasteiger partial charge >= 0.3 is 5.51 Å². The van der Waals surface area contributed by atoms with Crippen molar-refractivity contribution < 1.29 is 13.2 Å². The first-order valence-corrected chi connectivity index (χ1v) is 4.67. The molecule has 13 heavy (non-hydrogen) atoms. The van der Waals surface area contributed by atoms with Crippen LogP contribution in [-0.4, -0.2) is 21.0 Å². The average molecular weight is 210 g/mol. The lowest BCUT2D eigenvalue weighted by atomic mass is 10.5. The summed E-state index contributed by atoms with van der Waals surface area (Å²) in [4.78, 5) is 0. The van der Waals surface area contributed by atoms with E-state index in [9.17, 15) is 13.2 Å². The molecule has 0 unspecified atom stereocenters. The number of aromatic nitrogens is 2. The monoisotopic (exact) mass is 210 g/mol. The second-order valence-corrected chi connectivity index (χ2v) is 3.67. The maximum absolute atomic E-state index is 11.7. The summed E-state index contributed by atoms with van der Waals surface area (Å²) in [5, 5.41) is 3.97. The van der Waals surface area contributed by atoms with Crippen molar-refractivity contribution in [2.75, 3.05) is 5.75 Å². The van der Waals surface area contributed by atoms with Crippen LogP contribution in [-0.2, 0) is 6.54 Å². The number of halogens is 3. The molecule has 0 N–H and O–H groups in total. The van der Waals surface area contributed by atoms with Gasteiger partial charge in [-0.3, -0.25) is 4.68 Å². The quantitative estimate of drug-likeness (QED) is 0.762. The molecular weight excluding hydrogens is 201 g/mol. The first-order chi connectivity index (χ1) is 5.97. The second-order valence-electron chi connectivity index (χ2n) is 2.51. The minimum Gasteiger partial charge on any atom is -0.272 e. The molecule has 0 spiro atoms. The fourth-order valence-electron chi connectivity index (χ4n) is 0.843. The SMILES string of the molecule is Cc1ccn(CCSC(F)(F)F)n1. The molecule has 1 aromatic heterocycles. The Bertz CT molecular complexity index is 269. The largest absolute Gasteiger partial charge is 0.441 e. The van der Waals surface area contributed by atoms with Gasteiger partial charge < -0.3 is 0 Å². The summed E-state index contributed by atoms with van der Waals surface area (Å²) < 4.78 is 36.6. The van der Waals surface area contributed by atoms with Gasteiger partial charge in [0.25, 0.3) is 0 Å². The number of rotatable bonds is 3. The number of hydrogen-bond donors (Lipinski definition) is 0. The highest BCUT2D eigenvalue weighted by molar-refractivity contribution is 8.00. The maximum Gasteiger partial charge on any atom is 0.441 e. The van der Waals surface area contributed by atoms with Crippen LogP contribution in [0, 0.1) is 6.92 Å². The fourth-order valence-corrected chi connectivity index (χ4v) is 1.35. The third kappa shape index (κ3) is 4.21. The van der Waals surface area contributed by atoms with E-state index in [1.54, 1.807) is 19.2 Å². The number of hydrogen-bond acceptors (Lipinski definition) is 2. The zero-order valence-corrected chi connectivity index (χ0v) is 7.82. The molecule has 0 aliphatic heterocycles. The van der Waals surface area contributed by atoms with Crippen molar-refractivity contribution in [2.45, 2.75) is 19.0 Å². The van der Waals surface area contributed by atoms with Gasteiger partial charge in [-0.15, -0.1) is 0 Å². The molecule has 0 atom stereocenters. The summed E-state index contributed by atoms with van der Waals surface area (Å²) >= 11 is -0.0232. The highest BCUT2D eigenvalue weighted by Gasteiger charge is 2.27. The molecule has 0 radical (unpaired) electrons. The standard InChI is InChI=1S/C7H9F3N2S/c1-6-2-3-12(11-6)4-5-13-7(8,9)10/h2-3H,4-5H2,1H3. The maximum atomic E-state index is 11.7. The predicted molar refractivity (Wildman–Crippen MR) is 45.5 cm³/mol. The van der Waals surface area contributed by atoms with Crippen LogP contribution in [0.2, 0.25) is 0 Å². The predicted octanol–water partition coefficient (Wildman–Crippen LogP) is 2.44. The van der Waals surface area contributed by atoms with Gasteiger partial charge in [0.05, 0.1) is 12.2 Å². The highest BCUT2D eigenvalue weighted by atomic mass is 32.2. The Balaban J connectivity index is 2.28. The van der Waals surface area contributed by atoms with Gasteiger partial charge in [-0.05, 0) is 24.8 Å². The van der Waals surface area contributed by atoms with Gasteiger partial charge in [0.15, 0.2) is 0 Å². The van der Waals surface area contributed by atoms with E-state index in [4.69, 9.17) is 0 Å². The summed E-state index contributed by atoms with van der Waals surface area (Å²) in [6.45, 7) is 2.09. The van der Waals surface area contributed by atoms with Crippen molar-refractivity contribution in [3.8, 4) is 0 Å². The van der Waals surface area contributed by atoms with Crippen LogP contribution in [0.15, 0.2) is 12.3 Å². The van der Waals surface area contributed by atoms with Crippen LogP contribution < -0.4 is 0 Å². The Labute approximate surface area is 78.1 Å². The van der Waals surface area contributed by atoms with Crippen molar-refractivity contribution in [3.05, 3.63) is 18.0 Å². The Morgan fingerprint density at radius 1 is 1.54 bits per heavy atom. The molecule has 1 aromatic rings. The molecule has 6 heteroatoms. The van der Waals surface area contributed by atoms with E-state index in [2.05, 4.69) is 5.10 Å². The third-order valence-corrected chi connectivity index (χ3v) is 2.07. The number of aryl methyl sites for hydroxylation is 2. The molecule has 0 fully saturated rings. The summed E-state index contributed by atoms with van der Waals surface area (Å²) in [6, 6.07) is 1.76. The van der Waals surface area contributed by atoms with Crippen LogP contribution in [0.5, 0.6) is 0 Å². The van der Waals surface area contributed by atoms with E-state index in [1.807, 2.05) is 0 Å². The molecule has 0 aromatic carbocycles. The molecule has 1 rings (SSSR count). The van der Waals surface area contributed by atoms with Crippen LogP contribution in [0.4, 0.5) is 13.2 Å². The zero-order valence-electron chi connectivity index (χ0n) is 7.01. The van der Waals surface area contributed by atoms with Gasteiger partial charge in [0, 0.05) is 11.9 Å². The van der Waals surface area contributed by atoms with E-state index in [-0.39, 0.29) is 24.1 Å². The molecule has 1 heterocycles. The van der Waals surface area contributed by atoms with E-state index < -0.39 is 5.51 Å². The summed E-state index contributed by atoms with van der Waals surface area (Å²) in [7, 11) is 0. The molecule has 74 valence electrons. The molecular formula is C7H9F3N2S. The van der Waals surface area contributed by atoms with Gasteiger partial charge in [0.2, 0.25) is 0 Å². The highest BCUT2D eigenvalue weighted by Crippen LogP contribution is 2.29. The lowest BCUT2D eigenvalue weighted by Crippen LogP contribution is -2.07. The smallest absolute Gasteiger partial charge is 0.272 e. The number of thioether (sulfide) groups is 1. The zero-order chi connectivity index (χ0) is 9.90. The van der Waals surface area contributed by atoms with Crippen molar-refractivity contribution in [1.82, 2.24) is 9.78 Å². The average Bonchev–Trinajstić information content (AvgIpc) is 2.33. The lowest BCUT2D eigenvalue weighted by molar-refractivity contribution is -0.0328. The van der Waals surface area contributed by atoms with Gasteiger partial charge in [-0.1, -0.05) is 0 Å². The van der Waals surface area contributed by atoms with E-state index in [1.165, 1.54) is 4.68 Å². The van der Waals surface area contributed by atoms with Gasteiger partial charge in [0.1, 0.15) is 0 Å². The number of nitrogens with zero attached hydrogens (tertiary/aromatic N) is 2. The summed E-state index contributed by atoms with van der Waals surface area (Å²) in [5.41, 5.74) is -3.32. The second kappa shape index (κ2) is 4.04. The lowest BCUT2D eigenvalue weighted by Gasteiger charge is -2.04. The van der Waals surface area contributed by atoms with Crippen LogP contribution in [0.3, 0.4) is 0 Å². The molecule has 0 saturated heterocycles. The normalized spacial score (nSPS) is 12.0. The van der Waals surface area contributed by atoms with Crippen LogP contribution in [0.1, 0.15) is 5.69 Å². The molecule has 2 nitrogen and oxygen atoms in total. The van der Waals surface area contributed by atoms with Crippen molar-refractivity contribution in [2.24, 2.45) is 0 Å². The minimum absolute atomic E-state index is 0.00458. The molecule has 0 saturated carbocycles. The summed E-state index contributed by atoms with van der Waals surface area (Å²) in [6.07, 6.45) is 1.67. The van der Waals surface area contributed by atoms with Crippen molar-refractivity contribution in [1.29, 1.82) is 0 Å². The minimum atomic E-state index is -4.14. The van der Waals surface area contributed by atoms with E-state index in [0.717, 1.165) is 5.69 Å². The van der Waals surface area contributed by atoms with Crippen LogP contribution >= 0.6 is 11.8 Å². The first-order valence-electron chi connectivity index (χ1n) is 3.68. The molecule has 0 bridgehead atoms. The van der Waals surface area contributed by atoms with Crippen LogP contribution in [0.25, 0.3) is 0 Å². The van der Waals surface area contributed by atoms with Crippen molar-refractivity contribution >= 4 is 11.8 Å². The van der Waals surface area contributed by atoms with Gasteiger partial charge in [-0.2, -0.15) is 18.3 Å². The fraction of sp³-hybridized carbons (Fsp3) is 0.571. The Morgan fingerprint density at radius 3 is 2.69 bits per heavy atom. The Kier molecular flexibility index (Phi) is 3.24. The van der Waals surface area contributed by atoms with E-state index in [0.29, 0.717) is 0 Å². The van der Waals surface area contributed by atoms with Gasteiger partial charge in [-0.25, -0.2) is 0 Å². The Morgan fingerprint density at radius 2 is 2.23 bits per heavy atom.